The Hall–Kier alpha value is -0.120. The van der Waals surface area contributed by atoms with Gasteiger partial charge >= 0.3 is 0 Å². The molecule has 3 heteroatoms. The maximum absolute atomic E-state index is 6.00. The van der Waals surface area contributed by atoms with Crippen molar-refractivity contribution in [3.05, 3.63) is 0 Å². The number of ether oxygens (including phenoxy) is 1. The summed E-state index contributed by atoms with van der Waals surface area (Å²) < 4.78 is 5.56. The highest BCUT2D eigenvalue weighted by Gasteiger charge is 2.36. The lowest BCUT2D eigenvalue weighted by Crippen LogP contribution is -2.59. The summed E-state index contributed by atoms with van der Waals surface area (Å²) in [6.45, 7) is 5.24. The Kier molecular flexibility index (Phi) is 2.86. The van der Waals surface area contributed by atoms with Gasteiger partial charge in [-0.1, -0.05) is 6.92 Å². The topological polar surface area (TPSA) is 38.5 Å². The van der Waals surface area contributed by atoms with E-state index in [-0.39, 0.29) is 0 Å². The van der Waals surface area contributed by atoms with Gasteiger partial charge in [-0.2, -0.15) is 0 Å². The van der Waals surface area contributed by atoms with Crippen LogP contribution in [0.5, 0.6) is 0 Å². The monoisotopic (exact) mass is 184 g/mol. The highest BCUT2D eigenvalue weighted by Crippen LogP contribution is 2.26. The summed E-state index contributed by atoms with van der Waals surface area (Å²) in [5, 5.41) is 0. The molecule has 0 aromatic heterocycles. The molecule has 3 nitrogen and oxygen atoms in total. The van der Waals surface area contributed by atoms with Crippen molar-refractivity contribution in [1.29, 1.82) is 0 Å². The van der Waals surface area contributed by atoms with Crippen molar-refractivity contribution in [2.75, 3.05) is 19.8 Å². The van der Waals surface area contributed by atoms with Gasteiger partial charge in [-0.05, 0) is 25.8 Å². The minimum absolute atomic E-state index is 0.409. The Labute approximate surface area is 80.2 Å². The van der Waals surface area contributed by atoms with E-state index in [1.165, 1.54) is 13.0 Å². The van der Waals surface area contributed by atoms with Crippen LogP contribution < -0.4 is 5.73 Å². The van der Waals surface area contributed by atoms with Crippen LogP contribution in [0.3, 0.4) is 0 Å². The fraction of sp³-hybridized carbons (Fsp3) is 1.00. The number of fused-ring (bicyclic) bond motifs is 2. The fourth-order valence-corrected chi connectivity index (χ4v) is 2.66. The molecule has 0 radical (unpaired) electrons. The molecule has 13 heavy (non-hydrogen) atoms. The van der Waals surface area contributed by atoms with E-state index in [9.17, 15) is 0 Å². The first kappa shape index (κ1) is 9.44. The first-order valence-electron chi connectivity index (χ1n) is 5.40. The lowest BCUT2D eigenvalue weighted by Gasteiger charge is -2.47. The number of morpholine rings is 1. The van der Waals surface area contributed by atoms with E-state index in [1.54, 1.807) is 0 Å². The van der Waals surface area contributed by atoms with Crippen LogP contribution in [0, 0.1) is 0 Å². The minimum atomic E-state index is 0.409. The molecule has 0 spiro atoms. The maximum Gasteiger partial charge on any atom is 0.0623 e. The summed E-state index contributed by atoms with van der Waals surface area (Å²) in [5.74, 6) is 0. The highest BCUT2D eigenvalue weighted by molar-refractivity contribution is 4.92. The van der Waals surface area contributed by atoms with Crippen LogP contribution in [0.1, 0.15) is 26.2 Å². The van der Waals surface area contributed by atoms with Crippen LogP contribution in [-0.2, 0) is 4.74 Å². The van der Waals surface area contributed by atoms with Crippen LogP contribution in [-0.4, -0.2) is 42.8 Å². The summed E-state index contributed by atoms with van der Waals surface area (Å²) in [6, 6.07) is 1.61. The van der Waals surface area contributed by atoms with Gasteiger partial charge in [0.1, 0.15) is 0 Å². The normalized spacial score (nSPS) is 40.6. The van der Waals surface area contributed by atoms with Crippen molar-refractivity contribution >= 4 is 0 Å². The molecule has 76 valence electrons. The highest BCUT2D eigenvalue weighted by atomic mass is 16.5. The molecule has 0 aromatic carbocycles. The van der Waals surface area contributed by atoms with Gasteiger partial charge in [-0.3, -0.25) is 4.90 Å². The molecule has 0 saturated carbocycles. The lowest BCUT2D eigenvalue weighted by atomic mass is 9.90. The summed E-state index contributed by atoms with van der Waals surface area (Å²) in [5.41, 5.74) is 6.00. The molecule has 2 bridgehead atoms. The molecule has 0 amide bonds. The number of hydrogen-bond acceptors (Lipinski definition) is 3. The molecule has 2 saturated heterocycles. The molecular formula is C10H20N2O. The fourth-order valence-electron chi connectivity index (χ4n) is 2.66. The first-order chi connectivity index (χ1) is 6.31. The van der Waals surface area contributed by atoms with E-state index < -0.39 is 0 Å². The summed E-state index contributed by atoms with van der Waals surface area (Å²) in [7, 11) is 0. The SMILES string of the molecule is CCCN1C2COCC1CC(N)C2. The van der Waals surface area contributed by atoms with Gasteiger partial charge < -0.3 is 10.5 Å². The third-order valence-electron chi connectivity index (χ3n) is 3.19. The molecule has 2 heterocycles. The standard InChI is InChI=1S/C10H20N2O/c1-2-3-12-9-4-8(11)5-10(12)7-13-6-9/h8-10H,2-7,11H2,1H3. The second-order valence-electron chi connectivity index (χ2n) is 4.31. The molecule has 2 unspecified atom stereocenters. The molecule has 0 aliphatic carbocycles. The van der Waals surface area contributed by atoms with Gasteiger partial charge in [0.2, 0.25) is 0 Å². The lowest BCUT2D eigenvalue weighted by molar-refractivity contribution is -0.0773. The van der Waals surface area contributed by atoms with E-state index in [4.69, 9.17) is 10.5 Å². The Morgan fingerprint density at radius 2 is 1.92 bits per heavy atom. The van der Waals surface area contributed by atoms with E-state index in [0.29, 0.717) is 18.1 Å². The van der Waals surface area contributed by atoms with Crippen molar-refractivity contribution in [2.24, 2.45) is 5.73 Å². The number of rotatable bonds is 2. The first-order valence-corrected chi connectivity index (χ1v) is 5.40. The van der Waals surface area contributed by atoms with Crippen LogP contribution in [0.15, 0.2) is 0 Å². The van der Waals surface area contributed by atoms with E-state index in [0.717, 1.165) is 26.1 Å². The van der Waals surface area contributed by atoms with Gasteiger partial charge in [0, 0.05) is 18.1 Å². The largest absolute Gasteiger partial charge is 0.378 e. The van der Waals surface area contributed by atoms with Crippen LogP contribution in [0.2, 0.25) is 0 Å². The quantitative estimate of drug-likeness (QED) is 0.682. The Morgan fingerprint density at radius 1 is 1.31 bits per heavy atom. The second-order valence-corrected chi connectivity index (χ2v) is 4.31. The molecule has 2 rings (SSSR count). The molecule has 2 aliphatic heterocycles. The Morgan fingerprint density at radius 3 is 2.46 bits per heavy atom. The van der Waals surface area contributed by atoms with Gasteiger partial charge in [0.25, 0.3) is 0 Å². The average Bonchev–Trinajstić information content (AvgIpc) is 2.07. The predicted octanol–water partition coefficient (Wildman–Crippen LogP) is 0.587. The molecule has 2 atom stereocenters. The molecule has 2 N–H and O–H groups in total. The van der Waals surface area contributed by atoms with Gasteiger partial charge in [-0.15, -0.1) is 0 Å². The van der Waals surface area contributed by atoms with Gasteiger partial charge in [0.05, 0.1) is 13.2 Å². The number of hydrogen-bond donors (Lipinski definition) is 1. The predicted molar refractivity (Wildman–Crippen MR) is 52.6 cm³/mol. The second kappa shape index (κ2) is 3.95. The molecule has 2 fully saturated rings. The van der Waals surface area contributed by atoms with Gasteiger partial charge in [0.15, 0.2) is 0 Å². The zero-order valence-corrected chi connectivity index (χ0v) is 8.41. The zero-order valence-electron chi connectivity index (χ0n) is 8.41. The van der Waals surface area contributed by atoms with Crippen LogP contribution in [0.25, 0.3) is 0 Å². The molecule has 2 aliphatic rings. The van der Waals surface area contributed by atoms with Crippen molar-refractivity contribution < 1.29 is 4.74 Å². The van der Waals surface area contributed by atoms with Crippen molar-refractivity contribution in [3.63, 3.8) is 0 Å². The smallest absolute Gasteiger partial charge is 0.0623 e. The van der Waals surface area contributed by atoms with Crippen molar-refractivity contribution in [2.45, 2.75) is 44.3 Å². The third-order valence-corrected chi connectivity index (χ3v) is 3.19. The van der Waals surface area contributed by atoms with Crippen molar-refractivity contribution in [3.8, 4) is 0 Å². The maximum atomic E-state index is 6.00. The summed E-state index contributed by atoms with van der Waals surface area (Å²) >= 11 is 0. The Bertz CT molecular complexity index is 160. The van der Waals surface area contributed by atoms with Crippen LogP contribution in [0.4, 0.5) is 0 Å². The third kappa shape index (κ3) is 1.87. The van der Waals surface area contributed by atoms with E-state index in [2.05, 4.69) is 11.8 Å². The number of piperidine rings is 1. The summed E-state index contributed by atoms with van der Waals surface area (Å²) in [4.78, 5) is 2.60. The summed E-state index contributed by atoms with van der Waals surface area (Å²) in [6.07, 6.45) is 3.48. The average molecular weight is 184 g/mol. The zero-order chi connectivity index (χ0) is 9.26. The number of nitrogens with two attached hydrogens (primary N) is 1. The van der Waals surface area contributed by atoms with Crippen LogP contribution >= 0.6 is 0 Å². The van der Waals surface area contributed by atoms with Gasteiger partial charge in [-0.25, -0.2) is 0 Å². The van der Waals surface area contributed by atoms with E-state index in [1.807, 2.05) is 0 Å². The molecule has 0 aromatic rings. The minimum Gasteiger partial charge on any atom is -0.378 e. The Balaban J connectivity index is 2.01. The number of nitrogens with zero attached hydrogens (tertiary/aromatic N) is 1. The van der Waals surface area contributed by atoms with E-state index >= 15 is 0 Å². The molecular weight excluding hydrogens is 164 g/mol. The van der Waals surface area contributed by atoms with Crippen molar-refractivity contribution in [1.82, 2.24) is 4.90 Å².